The Kier molecular flexibility index (Phi) is 6.38. The Morgan fingerprint density at radius 1 is 1.24 bits per heavy atom. The van der Waals surface area contributed by atoms with Crippen LogP contribution < -0.4 is 5.32 Å². The molecule has 1 unspecified atom stereocenters. The van der Waals surface area contributed by atoms with Gasteiger partial charge in [0, 0.05) is 27.9 Å². The van der Waals surface area contributed by atoms with Crippen molar-refractivity contribution in [2.24, 2.45) is 0 Å². The summed E-state index contributed by atoms with van der Waals surface area (Å²) in [5.74, 6) is -0.921. The van der Waals surface area contributed by atoms with Crippen LogP contribution in [0.1, 0.15) is 29.1 Å². The predicted octanol–water partition coefficient (Wildman–Crippen LogP) is 3.86. The van der Waals surface area contributed by atoms with E-state index >= 15 is 0 Å². The summed E-state index contributed by atoms with van der Waals surface area (Å²) in [6.07, 6.45) is 0.0689. The van der Waals surface area contributed by atoms with Gasteiger partial charge >= 0.3 is 6.18 Å². The number of nitrogens with zero attached hydrogens (tertiary/aromatic N) is 5. The highest BCUT2D eigenvalue weighted by Gasteiger charge is 2.27. The predicted molar refractivity (Wildman–Crippen MR) is 101 cm³/mol. The van der Waals surface area contributed by atoms with E-state index in [0.717, 1.165) is 0 Å². The third-order valence-electron chi connectivity index (χ3n) is 3.59. The van der Waals surface area contributed by atoms with E-state index in [1.807, 2.05) is 0 Å². The van der Waals surface area contributed by atoms with Gasteiger partial charge in [-0.3, -0.25) is 4.79 Å². The molecule has 1 amide bonds. The minimum absolute atomic E-state index is 0.135. The second kappa shape index (κ2) is 8.78. The Hall–Kier alpha value is -2.66. The molecule has 0 fully saturated rings. The van der Waals surface area contributed by atoms with Gasteiger partial charge in [-0.25, -0.2) is 15.0 Å². The number of hydrogen-bond acceptors (Lipinski definition) is 6. The Morgan fingerprint density at radius 2 is 1.97 bits per heavy atom. The molecule has 0 spiro atoms. The van der Waals surface area contributed by atoms with Gasteiger partial charge in [-0.1, -0.05) is 11.6 Å². The second-order valence-corrected chi connectivity index (χ2v) is 7.34. The van der Waals surface area contributed by atoms with Crippen LogP contribution in [0.2, 0.25) is 5.02 Å². The van der Waals surface area contributed by atoms with E-state index in [4.69, 9.17) is 11.6 Å². The Labute approximate surface area is 172 Å². The number of halogens is 4. The Balaban J connectivity index is 1.76. The lowest BCUT2D eigenvalue weighted by Crippen LogP contribution is -2.29. The maximum atomic E-state index is 12.6. The summed E-state index contributed by atoms with van der Waals surface area (Å²) in [5, 5.41) is 6.95. The maximum absolute atomic E-state index is 12.6. The average molecular weight is 443 g/mol. The van der Waals surface area contributed by atoms with Gasteiger partial charge in [0.15, 0.2) is 5.82 Å². The molecule has 2 heterocycles. The highest BCUT2D eigenvalue weighted by molar-refractivity contribution is 7.99. The zero-order valence-electron chi connectivity index (χ0n) is 14.9. The number of thioether (sulfide) groups is 1. The maximum Gasteiger partial charge on any atom is 0.398 e. The summed E-state index contributed by atoms with van der Waals surface area (Å²) in [6.45, 7) is 1.69. The van der Waals surface area contributed by atoms with Crippen molar-refractivity contribution < 1.29 is 18.0 Å². The largest absolute Gasteiger partial charge is 0.398 e. The minimum atomic E-state index is -4.33. The van der Waals surface area contributed by atoms with E-state index in [1.165, 1.54) is 29.2 Å². The molecule has 0 radical (unpaired) electrons. The molecule has 12 heteroatoms. The van der Waals surface area contributed by atoms with Gasteiger partial charge in [-0.05, 0) is 31.2 Å². The van der Waals surface area contributed by atoms with Crippen molar-refractivity contribution in [3.63, 3.8) is 0 Å². The quantitative estimate of drug-likeness (QED) is 0.583. The molecule has 29 heavy (non-hydrogen) atoms. The third-order valence-corrected chi connectivity index (χ3v) is 4.85. The number of hydrogen-bond donors (Lipinski definition) is 1. The topological polar surface area (TPSA) is 85.6 Å². The summed E-state index contributed by atoms with van der Waals surface area (Å²) in [6, 6.07) is 5.18. The molecule has 152 valence electrons. The van der Waals surface area contributed by atoms with Crippen LogP contribution in [-0.4, -0.2) is 42.6 Å². The number of amides is 1. The summed E-state index contributed by atoms with van der Waals surface area (Å²) >= 11 is 6.52. The van der Waals surface area contributed by atoms with E-state index in [9.17, 15) is 18.0 Å². The zero-order chi connectivity index (χ0) is 21.0. The summed E-state index contributed by atoms with van der Waals surface area (Å²) in [4.78, 5) is 25.2. The number of rotatable bonds is 6. The van der Waals surface area contributed by atoms with Crippen molar-refractivity contribution in [1.82, 2.24) is 30.0 Å². The molecule has 2 aromatic heterocycles. The van der Waals surface area contributed by atoms with Crippen LogP contribution in [0, 0.1) is 0 Å². The molecule has 0 saturated heterocycles. The lowest BCUT2D eigenvalue weighted by atomic mass is 10.2. The van der Waals surface area contributed by atoms with Gasteiger partial charge in [0.1, 0.15) is 6.33 Å². The molecule has 0 saturated carbocycles. The number of alkyl halides is 3. The van der Waals surface area contributed by atoms with Crippen LogP contribution in [0.25, 0.3) is 5.95 Å². The van der Waals surface area contributed by atoms with Crippen molar-refractivity contribution >= 4 is 29.3 Å². The normalized spacial score (nSPS) is 12.6. The number of carbonyl (C=O) groups is 1. The van der Waals surface area contributed by atoms with Crippen molar-refractivity contribution in [3.05, 3.63) is 59.4 Å². The molecular weight excluding hydrogens is 429 g/mol. The van der Waals surface area contributed by atoms with Crippen molar-refractivity contribution in [2.75, 3.05) is 5.75 Å². The molecule has 7 nitrogen and oxygen atoms in total. The first kappa shape index (κ1) is 21.1. The molecule has 1 atom stereocenters. The third kappa shape index (κ3) is 5.67. The van der Waals surface area contributed by atoms with E-state index in [-0.39, 0.29) is 21.4 Å². The molecule has 1 aromatic carbocycles. The fraction of sp³-hybridized carbons (Fsp3) is 0.235. The molecule has 1 N–H and O–H groups in total. The standard InChI is InChI=1S/C17H14ClF3N6OS/c1-10(14-24-9-25-27(14)16-22-3-2-4-23-16)26-15(28)11-5-12(18)7-13(6-11)29-8-17(19,20)21/h2-7,9-10H,8H2,1H3,(H,26,28). The first-order chi connectivity index (χ1) is 13.7. The van der Waals surface area contributed by atoms with Crippen molar-refractivity contribution in [1.29, 1.82) is 0 Å². The van der Waals surface area contributed by atoms with Crippen molar-refractivity contribution in [3.8, 4) is 5.95 Å². The smallest absolute Gasteiger partial charge is 0.342 e. The van der Waals surface area contributed by atoms with Gasteiger partial charge in [0.05, 0.1) is 11.8 Å². The molecule has 3 aromatic rings. The van der Waals surface area contributed by atoms with Crippen LogP contribution >= 0.6 is 23.4 Å². The van der Waals surface area contributed by atoms with Crippen LogP contribution in [0.4, 0.5) is 13.2 Å². The van der Waals surface area contributed by atoms with Crippen LogP contribution in [-0.2, 0) is 0 Å². The van der Waals surface area contributed by atoms with Gasteiger partial charge in [-0.2, -0.15) is 23.0 Å². The fourth-order valence-electron chi connectivity index (χ4n) is 2.39. The molecule has 3 rings (SSSR count). The molecule has 0 bridgehead atoms. The van der Waals surface area contributed by atoms with Crippen molar-refractivity contribution in [2.45, 2.75) is 24.0 Å². The Morgan fingerprint density at radius 3 is 2.66 bits per heavy atom. The van der Waals surface area contributed by atoms with Gasteiger partial charge in [-0.15, -0.1) is 11.8 Å². The minimum Gasteiger partial charge on any atom is -0.342 e. The number of benzene rings is 1. The molecule has 0 aliphatic heterocycles. The molecule has 0 aliphatic carbocycles. The van der Waals surface area contributed by atoms with Crippen LogP contribution in [0.15, 0.2) is 47.9 Å². The second-order valence-electron chi connectivity index (χ2n) is 5.85. The lowest BCUT2D eigenvalue weighted by Gasteiger charge is -2.14. The van der Waals surface area contributed by atoms with Crippen LogP contribution in [0.5, 0.6) is 0 Å². The zero-order valence-corrected chi connectivity index (χ0v) is 16.5. The van der Waals surface area contributed by atoms with E-state index in [1.54, 1.807) is 25.4 Å². The van der Waals surface area contributed by atoms with Gasteiger partial charge in [0.2, 0.25) is 0 Å². The number of carbonyl (C=O) groups excluding carboxylic acids is 1. The SMILES string of the molecule is CC(NC(=O)c1cc(Cl)cc(SCC(F)(F)F)c1)c1ncnn1-c1ncccn1. The lowest BCUT2D eigenvalue weighted by molar-refractivity contribution is -0.105. The number of aromatic nitrogens is 5. The highest BCUT2D eigenvalue weighted by atomic mass is 35.5. The monoisotopic (exact) mass is 442 g/mol. The summed E-state index contributed by atoms with van der Waals surface area (Å²) in [7, 11) is 0. The molecular formula is C17H14ClF3N6OS. The molecule has 0 aliphatic rings. The first-order valence-electron chi connectivity index (χ1n) is 8.21. The van der Waals surface area contributed by atoms with Gasteiger partial charge in [0.25, 0.3) is 11.9 Å². The van der Waals surface area contributed by atoms with E-state index in [0.29, 0.717) is 17.6 Å². The summed E-state index contributed by atoms with van der Waals surface area (Å²) < 4.78 is 38.7. The first-order valence-corrected chi connectivity index (χ1v) is 9.57. The highest BCUT2D eigenvalue weighted by Crippen LogP contribution is 2.30. The number of nitrogens with one attached hydrogen (secondary N) is 1. The average Bonchev–Trinajstić information content (AvgIpc) is 3.16. The van der Waals surface area contributed by atoms with Gasteiger partial charge < -0.3 is 5.32 Å². The fourth-order valence-corrected chi connectivity index (χ4v) is 3.44. The Bertz CT molecular complexity index is 998. The van der Waals surface area contributed by atoms with E-state index < -0.39 is 23.9 Å². The summed E-state index contributed by atoms with van der Waals surface area (Å²) in [5.41, 5.74) is 0.135. The van der Waals surface area contributed by atoms with Crippen LogP contribution in [0.3, 0.4) is 0 Å². The van der Waals surface area contributed by atoms with E-state index in [2.05, 4.69) is 25.4 Å².